The maximum atomic E-state index is 16.7. The third-order valence-electron chi connectivity index (χ3n) is 9.31. The van der Waals surface area contributed by atoms with Crippen molar-refractivity contribution in [1.82, 2.24) is 35.4 Å². The fourth-order valence-electron chi connectivity index (χ4n) is 7.15. The zero-order valence-electron chi connectivity index (χ0n) is 26.1. The molecule has 13 nitrogen and oxygen atoms in total. The van der Waals surface area contributed by atoms with E-state index in [1.165, 1.54) is 0 Å². The van der Waals surface area contributed by atoms with Crippen molar-refractivity contribution in [2.24, 2.45) is 0 Å². The van der Waals surface area contributed by atoms with Gasteiger partial charge in [0.05, 0.1) is 42.5 Å². The van der Waals surface area contributed by atoms with Crippen molar-refractivity contribution in [2.75, 3.05) is 57.6 Å². The summed E-state index contributed by atoms with van der Waals surface area (Å²) >= 11 is 0. The lowest BCUT2D eigenvalue weighted by Gasteiger charge is -2.41. The molecule has 0 saturated carbocycles. The standard InChI is InChI=1S/C32H39FN8O5/c1-19-12-22(23-15-35-39-25(23)13-19)27-26(33)28-24(14-34-27)29(40-7-3-6-32(2,18-40)38-31(43)45-11-9-42)37-30(36-28)46-17-21-5-4-20-16-44-10-8-41(20)21/h12-15,20-21,42H,3-11,16-18H2,1-2H3,(H,35,39)(H,38,43)/t20-,21-,32+/m0/s1. The Hall–Kier alpha value is -4.14. The number of anilines is 1. The number of hydrogen-bond donors (Lipinski definition) is 3. The smallest absolute Gasteiger partial charge is 0.407 e. The number of carbonyl (C=O) groups excluding carboxylic acids is 1. The zero-order valence-corrected chi connectivity index (χ0v) is 26.1. The van der Waals surface area contributed by atoms with Crippen LogP contribution in [0.5, 0.6) is 6.01 Å². The molecular weight excluding hydrogens is 595 g/mol. The van der Waals surface area contributed by atoms with E-state index < -0.39 is 17.4 Å². The van der Waals surface area contributed by atoms with E-state index >= 15 is 4.39 Å². The van der Waals surface area contributed by atoms with Gasteiger partial charge in [-0.2, -0.15) is 15.1 Å². The number of alkyl carbamates (subject to hydrolysis) is 1. The topological polar surface area (TPSA) is 151 Å². The van der Waals surface area contributed by atoms with E-state index in [4.69, 9.17) is 24.3 Å². The lowest BCUT2D eigenvalue weighted by atomic mass is 9.91. The first-order chi connectivity index (χ1) is 22.3. The molecule has 3 saturated heterocycles. The highest BCUT2D eigenvalue weighted by atomic mass is 19.1. The first kappa shape index (κ1) is 30.5. The molecule has 3 aromatic heterocycles. The van der Waals surface area contributed by atoms with Crippen molar-refractivity contribution < 1.29 is 28.5 Å². The molecule has 6 heterocycles. The number of fused-ring (bicyclic) bond motifs is 3. The van der Waals surface area contributed by atoms with Gasteiger partial charge in [0.2, 0.25) is 0 Å². The van der Waals surface area contributed by atoms with Gasteiger partial charge >= 0.3 is 12.1 Å². The molecule has 4 aromatic rings. The number of aryl methyl sites for hydroxylation is 1. The number of halogens is 1. The maximum Gasteiger partial charge on any atom is 0.407 e. The molecule has 3 aliphatic heterocycles. The van der Waals surface area contributed by atoms with Gasteiger partial charge in [-0.1, -0.05) is 0 Å². The zero-order chi connectivity index (χ0) is 31.8. The van der Waals surface area contributed by atoms with Crippen molar-refractivity contribution in [3.05, 3.63) is 35.9 Å². The SMILES string of the molecule is Cc1cc(-c2ncc3c(N4CCC[C@@](C)(NC(=O)OCCO)C4)nc(OC[C@@H]4CC[C@H]5COCCN54)nc3c2F)c2cn[nH]c2c1. The number of piperidine rings is 1. The van der Waals surface area contributed by atoms with Crippen LogP contribution in [-0.2, 0) is 9.47 Å². The van der Waals surface area contributed by atoms with E-state index in [1.54, 1.807) is 12.4 Å². The van der Waals surface area contributed by atoms with Crippen LogP contribution < -0.4 is 15.0 Å². The number of ether oxygens (including phenoxy) is 3. The van der Waals surface area contributed by atoms with E-state index in [0.29, 0.717) is 55.5 Å². The number of pyridine rings is 1. The lowest BCUT2D eigenvalue weighted by molar-refractivity contribution is -0.0101. The van der Waals surface area contributed by atoms with E-state index in [2.05, 4.69) is 30.4 Å². The second kappa shape index (κ2) is 12.6. The second-order valence-corrected chi connectivity index (χ2v) is 12.7. The summed E-state index contributed by atoms with van der Waals surface area (Å²) in [6.45, 7) is 7.21. The fraction of sp³-hybridized carbons (Fsp3) is 0.531. The number of nitrogens with zero attached hydrogens (tertiary/aromatic N) is 6. The first-order valence-corrected chi connectivity index (χ1v) is 15.9. The Morgan fingerprint density at radius 2 is 2.13 bits per heavy atom. The molecule has 0 unspecified atom stereocenters. The van der Waals surface area contributed by atoms with Gasteiger partial charge in [-0.05, 0) is 57.2 Å². The molecule has 14 heteroatoms. The Labute approximate surface area is 265 Å². The van der Waals surface area contributed by atoms with E-state index in [1.807, 2.05) is 30.9 Å². The third-order valence-corrected chi connectivity index (χ3v) is 9.31. The quantitative estimate of drug-likeness (QED) is 0.262. The average molecular weight is 635 g/mol. The molecule has 0 radical (unpaired) electrons. The molecule has 244 valence electrons. The minimum atomic E-state index is -0.654. The number of hydrogen-bond acceptors (Lipinski definition) is 11. The Kier molecular flexibility index (Phi) is 8.34. The minimum absolute atomic E-state index is 0.0889. The number of aliphatic hydroxyl groups excluding tert-OH is 1. The minimum Gasteiger partial charge on any atom is -0.462 e. The molecule has 46 heavy (non-hydrogen) atoms. The molecule has 0 aliphatic carbocycles. The summed E-state index contributed by atoms with van der Waals surface area (Å²) in [6.07, 6.45) is 6.16. The number of nitrogens with one attached hydrogen (secondary N) is 2. The third kappa shape index (κ3) is 5.92. The predicted molar refractivity (Wildman–Crippen MR) is 168 cm³/mol. The van der Waals surface area contributed by atoms with Gasteiger partial charge in [0.1, 0.15) is 30.2 Å². The predicted octanol–water partition coefficient (Wildman–Crippen LogP) is 3.34. The molecule has 1 aromatic carbocycles. The lowest BCUT2D eigenvalue weighted by Crippen LogP contribution is -2.57. The van der Waals surface area contributed by atoms with Gasteiger partial charge in [0, 0.05) is 48.9 Å². The average Bonchev–Trinajstić information content (AvgIpc) is 3.69. The van der Waals surface area contributed by atoms with Crippen LogP contribution in [0.25, 0.3) is 33.1 Å². The number of carbonyl (C=O) groups is 1. The Balaban J connectivity index is 1.26. The highest BCUT2D eigenvalue weighted by Crippen LogP contribution is 2.37. The van der Waals surface area contributed by atoms with Crippen LogP contribution in [0.15, 0.2) is 24.5 Å². The van der Waals surface area contributed by atoms with Crippen molar-refractivity contribution >= 4 is 33.7 Å². The number of amides is 1. The van der Waals surface area contributed by atoms with Crippen molar-refractivity contribution in [1.29, 1.82) is 0 Å². The number of rotatable bonds is 8. The van der Waals surface area contributed by atoms with E-state index in [-0.39, 0.29) is 36.5 Å². The molecule has 3 atom stereocenters. The number of aromatic nitrogens is 5. The van der Waals surface area contributed by atoms with E-state index in [0.717, 1.165) is 48.9 Å². The van der Waals surface area contributed by atoms with Crippen LogP contribution in [0.3, 0.4) is 0 Å². The fourth-order valence-corrected chi connectivity index (χ4v) is 7.15. The second-order valence-electron chi connectivity index (χ2n) is 12.7. The highest BCUT2D eigenvalue weighted by molar-refractivity contribution is 5.98. The van der Waals surface area contributed by atoms with Crippen molar-refractivity contribution in [3.63, 3.8) is 0 Å². The van der Waals surface area contributed by atoms with Gasteiger partial charge in [-0.3, -0.25) is 15.0 Å². The first-order valence-electron chi connectivity index (χ1n) is 15.9. The van der Waals surface area contributed by atoms with Crippen LogP contribution in [0, 0.1) is 12.7 Å². The highest BCUT2D eigenvalue weighted by Gasteiger charge is 2.37. The normalized spacial score (nSPS) is 23.5. The van der Waals surface area contributed by atoms with Gasteiger partial charge in [0.25, 0.3) is 0 Å². The molecule has 3 N–H and O–H groups in total. The number of aromatic amines is 1. The summed E-state index contributed by atoms with van der Waals surface area (Å²) in [6, 6.07) is 4.53. The van der Waals surface area contributed by atoms with Gasteiger partial charge in [-0.25, -0.2) is 9.18 Å². The monoisotopic (exact) mass is 634 g/mol. The number of aliphatic hydroxyl groups is 1. The molecular formula is C32H39FN8O5. The molecule has 3 fully saturated rings. The molecule has 7 rings (SSSR count). The summed E-state index contributed by atoms with van der Waals surface area (Å²) in [5, 5.41) is 20.3. The molecule has 1 amide bonds. The van der Waals surface area contributed by atoms with Crippen LogP contribution in [0.1, 0.15) is 38.2 Å². The van der Waals surface area contributed by atoms with E-state index in [9.17, 15) is 4.79 Å². The van der Waals surface area contributed by atoms with Gasteiger partial charge in [0.15, 0.2) is 5.82 Å². The number of benzene rings is 1. The molecule has 0 spiro atoms. The van der Waals surface area contributed by atoms with Crippen LogP contribution in [-0.4, -0.2) is 112 Å². The van der Waals surface area contributed by atoms with Crippen LogP contribution >= 0.6 is 0 Å². The van der Waals surface area contributed by atoms with Gasteiger partial charge < -0.3 is 29.5 Å². The summed E-state index contributed by atoms with van der Waals surface area (Å²) in [5.41, 5.74) is 1.98. The summed E-state index contributed by atoms with van der Waals surface area (Å²) < 4.78 is 33.7. The maximum absolute atomic E-state index is 16.7. The summed E-state index contributed by atoms with van der Waals surface area (Å²) in [5.74, 6) is -0.0820. The number of morpholine rings is 1. The van der Waals surface area contributed by atoms with Crippen molar-refractivity contribution in [3.8, 4) is 17.3 Å². The Morgan fingerprint density at radius 1 is 1.24 bits per heavy atom. The van der Waals surface area contributed by atoms with Crippen molar-refractivity contribution in [2.45, 2.75) is 57.2 Å². The van der Waals surface area contributed by atoms with Gasteiger partial charge in [-0.15, -0.1) is 0 Å². The largest absolute Gasteiger partial charge is 0.462 e. The Bertz CT molecular complexity index is 1750. The summed E-state index contributed by atoms with van der Waals surface area (Å²) in [7, 11) is 0. The van der Waals surface area contributed by atoms with Crippen LogP contribution in [0.2, 0.25) is 0 Å². The summed E-state index contributed by atoms with van der Waals surface area (Å²) in [4.78, 5) is 30.9. The molecule has 0 bridgehead atoms. The molecule has 3 aliphatic rings. The Morgan fingerprint density at radius 3 is 3.00 bits per heavy atom. The van der Waals surface area contributed by atoms with Crippen LogP contribution in [0.4, 0.5) is 15.0 Å². The number of H-pyrrole nitrogens is 1.